The van der Waals surface area contributed by atoms with Crippen molar-refractivity contribution in [3.8, 4) is 0 Å². The van der Waals surface area contributed by atoms with Crippen LogP contribution in [0.1, 0.15) is 12.8 Å². The number of amides is 1. The predicted octanol–water partition coefficient (Wildman–Crippen LogP) is 0.627. The summed E-state index contributed by atoms with van der Waals surface area (Å²) >= 11 is 0. The molecule has 1 saturated heterocycles. The highest BCUT2D eigenvalue weighted by atomic mass is 32.2. The van der Waals surface area contributed by atoms with E-state index in [9.17, 15) is 13.2 Å². The van der Waals surface area contributed by atoms with Gasteiger partial charge in [-0.2, -0.15) is 0 Å². The number of anilines is 1. The molecule has 110 valence electrons. The molecule has 1 unspecified atom stereocenters. The summed E-state index contributed by atoms with van der Waals surface area (Å²) in [6.45, 7) is 0.409. The van der Waals surface area contributed by atoms with Crippen LogP contribution >= 0.6 is 0 Å². The van der Waals surface area contributed by atoms with Gasteiger partial charge in [-0.25, -0.2) is 13.1 Å². The van der Waals surface area contributed by atoms with E-state index in [1.54, 1.807) is 43.3 Å². The number of carbonyl (C=O) groups is 1. The number of sulfonamides is 1. The topological polar surface area (TPSA) is 78.5 Å². The lowest BCUT2D eigenvalue weighted by Crippen LogP contribution is -2.48. The number of likely N-dealkylation sites (tertiary alicyclic amines) is 1. The maximum atomic E-state index is 12.3. The van der Waals surface area contributed by atoms with E-state index >= 15 is 0 Å². The summed E-state index contributed by atoms with van der Waals surface area (Å²) in [4.78, 5) is 13.2. The number of hydrogen-bond donors (Lipinski definition) is 2. The average Bonchev–Trinajstić information content (AvgIpc) is 2.43. The average molecular weight is 297 g/mol. The molecule has 7 heteroatoms. The SMILES string of the molecule is CNc1ccc(S(=O)(=O)NC2CCC(=O)N(C)C2)cc1. The number of likely N-dealkylation sites (N-methyl/N-ethyl adjacent to an activating group) is 1. The molecule has 1 aliphatic heterocycles. The molecule has 0 saturated carbocycles. The van der Waals surface area contributed by atoms with Crippen LogP contribution in [0.5, 0.6) is 0 Å². The van der Waals surface area contributed by atoms with Crippen molar-refractivity contribution in [3.63, 3.8) is 0 Å². The van der Waals surface area contributed by atoms with E-state index in [2.05, 4.69) is 10.0 Å². The highest BCUT2D eigenvalue weighted by Gasteiger charge is 2.27. The van der Waals surface area contributed by atoms with Crippen LogP contribution < -0.4 is 10.0 Å². The Balaban J connectivity index is 2.08. The van der Waals surface area contributed by atoms with Crippen LogP contribution in [0, 0.1) is 0 Å². The third kappa shape index (κ3) is 3.29. The Morgan fingerprint density at radius 2 is 1.90 bits per heavy atom. The summed E-state index contributed by atoms with van der Waals surface area (Å²) in [5, 5.41) is 2.94. The fourth-order valence-electron chi connectivity index (χ4n) is 2.20. The smallest absolute Gasteiger partial charge is 0.240 e. The molecular weight excluding hydrogens is 278 g/mol. The largest absolute Gasteiger partial charge is 0.388 e. The van der Waals surface area contributed by atoms with Crippen molar-refractivity contribution in [2.75, 3.05) is 26.0 Å². The molecule has 1 aromatic rings. The molecule has 0 radical (unpaired) electrons. The van der Waals surface area contributed by atoms with Gasteiger partial charge in [0.1, 0.15) is 0 Å². The fraction of sp³-hybridized carbons (Fsp3) is 0.462. The summed E-state index contributed by atoms with van der Waals surface area (Å²) in [7, 11) is -0.0821. The Morgan fingerprint density at radius 1 is 1.25 bits per heavy atom. The van der Waals surface area contributed by atoms with E-state index in [0.717, 1.165) is 5.69 Å². The fourth-order valence-corrected chi connectivity index (χ4v) is 3.46. The Kier molecular flexibility index (Phi) is 4.29. The van der Waals surface area contributed by atoms with Crippen molar-refractivity contribution in [3.05, 3.63) is 24.3 Å². The van der Waals surface area contributed by atoms with Gasteiger partial charge in [-0.1, -0.05) is 0 Å². The van der Waals surface area contributed by atoms with Crippen LogP contribution in [0.25, 0.3) is 0 Å². The standard InChI is InChI=1S/C13H19N3O3S/c1-14-10-3-6-12(7-4-10)20(18,19)15-11-5-8-13(17)16(2)9-11/h3-4,6-7,11,14-15H,5,8-9H2,1-2H3. The van der Waals surface area contributed by atoms with Gasteiger partial charge in [0, 0.05) is 38.8 Å². The van der Waals surface area contributed by atoms with Crippen LogP contribution in [-0.4, -0.2) is 45.9 Å². The van der Waals surface area contributed by atoms with Gasteiger partial charge in [-0.05, 0) is 30.7 Å². The van der Waals surface area contributed by atoms with Crippen molar-refractivity contribution >= 4 is 21.6 Å². The van der Waals surface area contributed by atoms with Crippen LogP contribution in [0.15, 0.2) is 29.2 Å². The first-order valence-corrected chi connectivity index (χ1v) is 7.95. The molecule has 1 fully saturated rings. The molecular formula is C13H19N3O3S. The second kappa shape index (κ2) is 5.80. The lowest BCUT2D eigenvalue weighted by molar-refractivity contribution is -0.132. The zero-order valence-corrected chi connectivity index (χ0v) is 12.4. The minimum atomic E-state index is -3.54. The zero-order chi connectivity index (χ0) is 14.8. The van der Waals surface area contributed by atoms with Crippen LogP contribution in [-0.2, 0) is 14.8 Å². The van der Waals surface area contributed by atoms with E-state index in [1.165, 1.54) is 0 Å². The lowest BCUT2D eigenvalue weighted by Gasteiger charge is -2.29. The van der Waals surface area contributed by atoms with Gasteiger partial charge in [0.15, 0.2) is 0 Å². The Hall–Kier alpha value is -1.60. The highest BCUT2D eigenvalue weighted by molar-refractivity contribution is 7.89. The molecule has 1 amide bonds. The quantitative estimate of drug-likeness (QED) is 0.854. The lowest BCUT2D eigenvalue weighted by atomic mass is 10.1. The van der Waals surface area contributed by atoms with Gasteiger partial charge in [0.25, 0.3) is 0 Å². The third-order valence-corrected chi connectivity index (χ3v) is 4.94. The molecule has 2 rings (SSSR count). The minimum Gasteiger partial charge on any atom is -0.388 e. The number of benzene rings is 1. The first kappa shape index (κ1) is 14.8. The molecule has 0 bridgehead atoms. The molecule has 2 N–H and O–H groups in total. The predicted molar refractivity (Wildman–Crippen MR) is 77.0 cm³/mol. The molecule has 20 heavy (non-hydrogen) atoms. The maximum Gasteiger partial charge on any atom is 0.240 e. The summed E-state index contributed by atoms with van der Waals surface area (Å²) < 4.78 is 27.2. The second-order valence-electron chi connectivity index (χ2n) is 4.91. The van der Waals surface area contributed by atoms with Crippen LogP contribution in [0.2, 0.25) is 0 Å². The monoisotopic (exact) mass is 297 g/mol. The maximum absolute atomic E-state index is 12.3. The number of rotatable bonds is 4. The van der Waals surface area contributed by atoms with Crippen molar-refractivity contribution < 1.29 is 13.2 Å². The highest BCUT2D eigenvalue weighted by Crippen LogP contribution is 2.16. The van der Waals surface area contributed by atoms with E-state index < -0.39 is 10.0 Å². The number of piperidine rings is 1. The number of nitrogens with one attached hydrogen (secondary N) is 2. The van der Waals surface area contributed by atoms with Crippen molar-refractivity contribution in [1.29, 1.82) is 0 Å². The zero-order valence-electron chi connectivity index (χ0n) is 11.6. The molecule has 1 aliphatic rings. The second-order valence-corrected chi connectivity index (χ2v) is 6.62. The van der Waals surface area contributed by atoms with Crippen molar-refractivity contribution in [2.45, 2.75) is 23.8 Å². The van der Waals surface area contributed by atoms with Gasteiger partial charge < -0.3 is 10.2 Å². The minimum absolute atomic E-state index is 0.0545. The van der Waals surface area contributed by atoms with Crippen molar-refractivity contribution in [2.24, 2.45) is 0 Å². The summed E-state index contributed by atoms with van der Waals surface area (Å²) in [5.74, 6) is 0.0545. The molecule has 1 heterocycles. The summed E-state index contributed by atoms with van der Waals surface area (Å²) in [6, 6.07) is 6.32. The molecule has 6 nitrogen and oxygen atoms in total. The van der Waals surface area contributed by atoms with E-state index in [1.807, 2.05) is 0 Å². The molecule has 1 aromatic carbocycles. The normalized spacial score (nSPS) is 20.0. The Bertz CT molecular complexity index is 583. The van der Waals surface area contributed by atoms with Gasteiger partial charge in [-0.3, -0.25) is 4.79 Å². The summed E-state index contributed by atoms with van der Waals surface area (Å²) in [6.07, 6.45) is 0.916. The van der Waals surface area contributed by atoms with Gasteiger partial charge in [-0.15, -0.1) is 0 Å². The van der Waals surface area contributed by atoms with Crippen LogP contribution in [0.4, 0.5) is 5.69 Å². The van der Waals surface area contributed by atoms with Gasteiger partial charge >= 0.3 is 0 Å². The third-order valence-electron chi connectivity index (χ3n) is 3.40. The van der Waals surface area contributed by atoms with E-state index in [-0.39, 0.29) is 16.8 Å². The number of nitrogens with zero attached hydrogens (tertiary/aromatic N) is 1. The van der Waals surface area contributed by atoms with E-state index in [0.29, 0.717) is 19.4 Å². The molecule has 0 spiro atoms. The molecule has 0 aromatic heterocycles. The van der Waals surface area contributed by atoms with E-state index in [4.69, 9.17) is 0 Å². The number of hydrogen-bond acceptors (Lipinski definition) is 4. The number of carbonyl (C=O) groups excluding carboxylic acids is 1. The van der Waals surface area contributed by atoms with Crippen LogP contribution in [0.3, 0.4) is 0 Å². The molecule has 1 atom stereocenters. The first-order valence-electron chi connectivity index (χ1n) is 6.46. The molecule has 0 aliphatic carbocycles. The van der Waals surface area contributed by atoms with Gasteiger partial charge in [0.05, 0.1) is 4.90 Å². The van der Waals surface area contributed by atoms with Gasteiger partial charge in [0.2, 0.25) is 15.9 Å². The Labute approximate surface area is 119 Å². The first-order chi connectivity index (χ1) is 9.42. The van der Waals surface area contributed by atoms with Crippen molar-refractivity contribution in [1.82, 2.24) is 9.62 Å². The Morgan fingerprint density at radius 3 is 2.45 bits per heavy atom. The summed E-state index contributed by atoms with van der Waals surface area (Å²) in [5.41, 5.74) is 0.854.